The van der Waals surface area contributed by atoms with Crippen molar-refractivity contribution in [1.82, 2.24) is 5.43 Å². The number of halogens is 1. The van der Waals surface area contributed by atoms with Crippen LogP contribution in [0.3, 0.4) is 0 Å². The molecule has 0 saturated heterocycles. The summed E-state index contributed by atoms with van der Waals surface area (Å²) in [5, 5.41) is 17.7. The third-order valence-corrected chi connectivity index (χ3v) is 4.37. The lowest BCUT2D eigenvalue weighted by Gasteiger charge is -2.04. The number of benzene rings is 2. The highest BCUT2D eigenvalue weighted by atomic mass is 127. The van der Waals surface area contributed by atoms with Gasteiger partial charge in [-0.1, -0.05) is 12.1 Å². The zero-order valence-corrected chi connectivity index (χ0v) is 16.6. The van der Waals surface area contributed by atoms with Crippen molar-refractivity contribution in [3.05, 3.63) is 80.1 Å². The molecule has 0 aliphatic heterocycles. The van der Waals surface area contributed by atoms with Gasteiger partial charge in [0.15, 0.2) is 0 Å². The predicted molar refractivity (Wildman–Crippen MR) is 114 cm³/mol. The van der Waals surface area contributed by atoms with Crippen molar-refractivity contribution < 1.29 is 14.1 Å². The predicted octanol–water partition coefficient (Wildman–Crippen LogP) is 4.02. The van der Waals surface area contributed by atoms with Gasteiger partial charge in [-0.15, -0.1) is 0 Å². The van der Waals surface area contributed by atoms with Gasteiger partial charge in [0.2, 0.25) is 0 Å². The van der Waals surface area contributed by atoms with Crippen molar-refractivity contribution in [1.29, 1.82) is 0 Å². The van der Waals surface area contributed by atoms with Crippen molar-refractivity contribution in [2.24, 2.45) is 5.10 Å². The average molecular weight is 490 g/mol. The Morgan fingerprint density at radius 3 is 2.71 bits per heavy atom. The van der Waals surface area contributed by atoms with Gasteiger partial charge in [-0.2, -0.15) is 5.10 Å². The fourth-order valence-corrected chi connectivity index (χ4v) is 2.67. The number of nitro benzene ring substituents is 1. The van der Waals surface area contributed by atoms with E-state index in [0.29, 0.717) is 17.1 Å². The van der Waals surface area contributed by atoms with Gasteiger partial charge in [0.25, 0.3) is 11.6 Å². The van der Waals surface area contributed by atoms with Crippen LogP contribution in [0.2, 0.25) is 0 Å². The van der Waals surface area contributed by atoms with E-state index in [-0.39, 0.29) is 18.1 Å². The fraction of sp³-hybridized carbons (Fsp3) is 0.0526. The van der Waals surface area contributed by atoms with Gasteiger partial charge in [-0.05, 0) is 59.0 Å². The molecule has 9 heteroatoms. The highest BCUT2D eigenvalue weighted by Gasteiger charge is 2.09. The van der Waals surface area contributed by atoms with Gasteiger partial charge < -0.3 is 9.73 Å². The van der Waals surface area contributed by atoms with Crippen molar-refractivity contribution >= 4 is 46.1 Å². The number of furan rings is 1. The summed E-state index contributed by atoms with van der Waals surface area (Å²) < 4.78 is 6.70. The Labute approximate surface area is 173 Å². The van der Waals surface area contributed by atoms with Crippen molar-refractivity contribution in [3.63, 3.8) is 0 Å². The molecule has 0 spiro atoms. The van der Waals surface area contributed by atoms with Crippen LogP contribution in [-0.4, -0.2) is 23.6 Å². The molecule has 8 nitrogen and oxygen atoms in total. The summed E-state index contributed by atoms with van der Waals surface area (Å²) in [6.45, 7) is 0.0784. The first-order valence-corrected chi connectivity index (χ1v) is 9.25. The quantitative estimate of drug-likeness (QED) is 0.225. The molecule has 2 aromatic carbocycles. The molecule has 0 bridgehead atoms. The number of anilines is 1. The van der Waals surface area contributed by atoms with Gasteiger partial charge in [0.05, 0.1) is 17.7 Å². The minimum atomic E-state index is -0.464. The minimum Gasteiger partial charge on any atom is -0.455 e. The third-order valence-electron chi connectivity index (χ3n) is 3.65. The number of nitro groups is 1. The minimum absolute atomic E-state index is 0.0167. The molecule has 0 fully saturated rings. The molecule has 1 heterocycles. The topological polar surface area (TPSA) is 110 Å². The van der Waals surface area contributed by atoms with Crippen molar-refractivity contribution in [2.45, 2.75) is 0 Å². The summed E-state index contributed by atoms with van der Waals surface area (Å²) in [4.78, 5) is 22.2. The van der Waals surface area contributed by atoms with Crippen LogP contribution in [0.15, 0.2) is 70.2 Å². The van der Waals surface area contributed by atoms with Crippen LogP contribution in [-0.2, 0) is 4.79 Å². The maximum Gasteiger partial charge on any atom is 0.270 e. The molecule has 0 aliphatic carbocycles. The molecular weight excluding hydrogens is 475 g/mol. The molecule has 3 aromatic rings. The smallest absolute Gasteiger partial charge is 0.270 e. The van der Waals surface area contributed by atoms with E-state index in [2.05, 4.69) is 38.4 Å². The van der Waals surface area contributed by atoms with E-state index >= 15 is 0 Å². The third kappa shape index (κ3) is 5.39. The molecule has 3 rings (SSSR count). The van der Waals surface area contributed by atoms with E-state index in [9.17, 15) is 14.9 Å². The zero-order valence-electron chi connectivity index (χ0n) is 14.5. The van der Waals surface area contributed by atoms with E-state index in [4.69, 9.17) is 4.42 Å². The number of hydrogen-bond donors (Lipinski definition) is 2. The van der Waals surface area contributed by atoms with Gasteiger partial charge in [0, 0.05) is 27.0 Å². The molecular formula is C19H15IN4O4. The lowest BCUT2D eigenvalue weighted by molar-refractivity contribution is -0.384. The first kappa shape index (κ1) is 19.5. The summed E-state index contributed by atoms with van der Waals surface area (Å²) in [6, 6.07) is 17.1. The first-order chi connectivity index (χ1) is 13.5. The van der Waals surface area contributed by atoms with Crippen LogP contribution in [0, 0.1) is 13.7 Å². The van der Waals surface area contributed by atoms with E-state index in [0.717, 1.165) is 9.26 Å². The largest absolute Gasteiger partial charge is 0.455 e. The Kier molecular flexibility index (Phi) is 6.37. The maximum atomic E-state index is 11.8. The Morgan fingerprint density at radius 1 is 1.18 bits per heavy atom. The SMILES string of the molecule is O=C(CNc1ccc(I)cc1)N/N=C\c1ccc(-c2cccc([N+](=O)[O-])c2)o1. The Bertz CT molecular complexity index is 1010. The molecule has 0 aliphatic rings. The van der Waals surface area contributed by atoms with Crippen LogP contribution in [0.25, 0.3) is 11.3 Å². The van der Waals surface area contributed by atoms with Crippen LogP contribution < -0.4 is 10.7 Å². The number of carbonyl (C=O) groups is 1. The maximum absolute atomic E-state index is 11.8. The second-order valence-electron chi connectivity index (χ2n) is 5.66. The van der Waals surface area contributed by atoms with E-state index < -0.39 is 4.92 Å². The van der Waals surface area contributed by atoms with Crippen LogP contribution in [0.1, 0.15) is 5.76 Å². The number of amides is 1. The number of nitrogens with one attached hydrogen (secondary N) is 2. The van der Waals surface area contributed by atoms with E-state index in [1.807, 2.05) is 24.3 Å². The molecule has 0 saturated carbocycles. The molecule has 142 valence electrons. The Morgan fingerprint density at radius 2 is 1.96 bits per heavy atom. The van der Waals surface area contributed by atoms with Gasteiger partial charge in [0.1, 0.15) is 11.5 Å². The number of hydrazone groups is 1. The Hall–Kier alpha value is -3.21. The molecule has 0 radical (unpaired) electrons. The number of hydrogen-bond acceptors (Lipinski definition) is 6. The molecule has 0 unspecified atom stereocenters. The van der Waals surface area contributed by atoms with Crippen LogP contribution in [0.4, 0.5) is 11.4 Å². The second kappa shape index (κ2) is 9.13. The van der Waals surface area contributed by atoms with Crippen LogP contribution >= 0.6 is 22.6 Å². The normalized spacial score (nSPS) is 10.8. The number of carbonyl (C=O) groups excluding carboxylic acids is 1. The van der Waals surface area contributed by atoms with Gasteiger partial charge in [-0.25, -0.2) is 5.43 Å². The number of non-ortho nitro benzene ring substituents is 1. The lowest BCUT2D eigenvalue weighted by Crippen LogP contribution is -2.25. The lowest BCUT2D eigenvalue weighted by atomic mass is 10.1. The molecule has 1 amide bonds. The summed E-state index contributed by atoms with van der Waals surface area (Å²) in [5.41, 5.74) is 3.81. The van der Waals surface area contributed by atoms with E-state index in [1.165, 1.54) is 18.3 Å². The highest BCUT2D eigenvalue weighted by molar-refractivity contribution is 14.1. The summed E-state index contributed by atoms with van der Waals surface area (Å²) in [5.74, 6) is 0.574. The average Bonchev–Trinajstić information content (AvgIpc) is 3.16. The fourth-order valence-electron chi connectivity index (χ4n) is 2.31. The highest BCUT2D eigenvalue weighted by Crippen LogP contribution is 2.25. The molecule has 28 heavy (non-hydrogen) atoms. The monoisotopic (exact) mass is 490 g/mol. The van der Waals surface area contributed by atoms with Crippen molar-refractivity contribution in [2.75, 3.05) is 11.9 Å². The second-order valence-corrected chi connectivity index (χ2v) is 6.91. The standard InChI is InChI=1S/C19H15IN4O4/c20-14-4-6-15(7-5-14)21-12-19(25)23-22-11-17-8-9-18(28-17)13-2-1-3-16(10-13)24(26)27/h1-11,21H,12H2,(H,23,25)/b22-11-. The van der Waals surface area contributed by atoms with Crippen molar-refractivity contribution in [3.8, 4) is 11.3 Å². The number of rotatable bonds is 7. The number of nitrogens with zero attached hydrogens (tertiary/aromatic N) is 2. The first-order valence-electron chi connectivity index (χ1n) is 8.17. The van der Waals surface area contributed by atoms with Crippen LogP contribution in [0.5, 0.6) is 0 Å². The Balaban J connectivity index is 1.53. The van der Waals surface area contributed by atoms with Gasteiger partial charge in [-0.3, -0.25) is 14.9 Å². The molecule has 0 atom stereocenters. The summed E-state index contributed by atoms with van der Waals surface area (Å²) in [6.07, 6.45) is 1.36. The van der Waals surface area contributed by atoms with E-state index in [1.54, 1.807) is 24.3 Å². The summed E-state index contributed by atoms with van der Waals surface area (Å²) >= 11 is 2.21. The molecule has 1 aromatic heterocycles. The van der Waals surface area contributed by atoms with Gasteiger partial charge >= 0.3 is 0 Å². The summed E-state index contributed by atoms with van der Waals surface area (Å²) in [7, 11) is 0. The zero-order chi connectivity index (χ0) is 19.9. The molecule has 2 N–H and O–H groups in total.